The molecule has 146 valence electrons. The van der Waals surface area contributed by atoms with E-state index >= 15 is 0 Å². The summed E-state index contributed by atoms with van der Waals surface area (Å²) in [6.07, 6.45) is 1.01. The minimum atomic E-state index is -2.90. The summed E-state index contributed by atoms with van der Waals surface area (Å²) in [5.74, 6) is 1.89. The lowest BCUT2D eigenvalue weighted by Gasteiger charge is -2.26. The van der Waals surface area contributed by atoms with Gasteiger partial charge in [-0.2, -0.15) is 0 Å². The van der Waals surface area contributed by atoms with Gasteiger partial charge in [-0.15, -0.1) is 0 Å². The first kappa shape index (κ1) is 20.5. The number of carbonyl (C=O) groups is 1. The molecule has 1 unspecified atom stereocenters. The van der Waals surface area contributed by atoms with Crippen molar-refractivity contribution in [1.82, 2.24) is 10.2 Å². The predicted octanol–water partition coefficient (Wildman–Crippen LogP) is 1.09. The second-order valence-corrected chi connectivity index (χ2v) is 8.54. The first-order valence-electron chi connectivity index (χ1n) is 8.91. The second kappa shape index (κ2) is 9.78. The summed E-state index contributed by atoms with van der Waals surface area (Å²) in [6.45, 7) is 4.12. The molecule has 0 saturated carbocycles. The number of nitrogens with one attached hydrogen (secondary N) is 1. The number of carbonyl (C=O) groups excluding carboxylic acids is 1. The number of rotatable bonds is 10. The summed E-state index contributed by atoms with van der Waals surface area (Å²) in [6, 6.07) is 7.30. The normalized spacial score (nSPS) is 18.7. The van der Waals surface area contributed by atoms with Crippen molar-refractivity contribution in [2.45, 2.75) is 25.8 Å². The van der Waals surface area contributed by atoms with Crippen LogP contribution >= 0.6 is 0 Å². The molecule has 1 N–H and O–H groups in total. The molecule has 1 fully saturated rings. The van der Waals surface area contributed by atoms with E-state index in [1.54, 1.807) is 7.11 Å². The molecule has 1 aromatic carbocycles. The van der Waals surface area contributed by atoms with Crippen molar-refractivity contribution in [2.24, 2.45) is 0 Å². The fourth-order valence-electron chi connectivity index (χ4n) is 3.03. The number of sulfone groups is 1. The predicted molar refractivity (Wildman–Crippen MR) is 100 cm³/mol. The van der Waals surface area contributed by atoms with Crippen molar-refractivity contribution < 1.29 is 22.7 Å². The fraction of sp³-hybridized carbons (Fsp3) is 0.611. The van der Waals surface area contributed by atoms with Crippen LogP contribution < -0.4 is 14.8 Å². The van der Waals surface area contributed by atoms with Crippen molar-refractivity contribution in [3.8, 4) is 11.5 Å². The van der Waals surface area contributed by atoms with Gasteiger partial charge in [0, 0.05) is 19.0 Å². The van der Waals surface area contributed by atoms with E-state index in [4.69, 9.17) is 9.47 Å². The lowest BCUT2D eigenvalue weighted by molar-refractivity contribution is -0.121. The molecule has 0 radical (unpaired) electrons. The van der Waals surface area contributed by atoms with E-state index in [1.165, 1.54) is 0 Å². The van der Waals surface area contributed by atoms with Crippen LogP contribution in [0.5, 0.6) is 11.5 Å². The van der Waals surface area contributed by atoms with Crippen LogP contribution in [0.4, 0.5) is 0 Å². The molecule has 1 aliphatic rings. The third-order valence-electron chi connectivity index (χ3n) is 4.51. The Labute approximate surface area is 155 Å². The molecule has 1 aliphatic heterocycles. The minimum Gasteiger partial charge on any atom is -0.497 e. The lowest BCUT2D eigenvalue weighted by Crippen LogP contribution is -2.39. The molecule has 1 heterocycles. The highest BCUT2D eigenvalue weighted by Gasteiger charge is 2.31. The second-order valence-electron chi connectivity index (χ2n) is 6.31. The Morgan fingerprint density at radius 3 is 2.54 bits per heavy atom. The molecule has 8 heteroatoms. The Bertz CT molecular complexity index is 675. The van der Waals surface area contributed by atoms with Crippen LogP contribution in [0.3, 0.4) is 0 Å². The van der Waals surface area contributed by atoms with E-state index in [2.05, 4.69) is 10.2 Å². The van der Waals surface area contributed by atoms with Crippen molar-refractivity contribution in [1.29, 1.82) is 0 Å². The van der Waals surface area contributed by atoms with Gasteiger partial charge in [0.2, 0.25) is 5.91 Å². The molecule has 1 aromatic rings. The molecule has 2 rings (SSSR count). The molecule has 0 aliphatic carbocycles. The molecule has 1 amide bonds. The summed E-state index contributed by atoms with van der Waals surface area (Å²) >= 11 is 0. The summed E-state index contributed by atoms with van der Waals surface area (Å²) in [5.41, 5.74) is 0. The van der Waals surface area contributed by atoms with Crippen molar-refractivity contribution in [3.05, 3.63) is 24.3 Å². The highest BCUT2D eigenvalue weighted by Crippen LogP contribution is 2.18. The van der Waals surface area contributed by atoms with Crippen LogP contribution in [-0.4, -0.2) is 70.1 Å². The van der Waals surface area contributed by atoms with E-state index in [0.717, 1.165) is 18.0 Å². The topological polar surface area (TPSA) is 84.9 Å². The number of nitrogens with zero attached hydrogens (tertiary/aromatic N) is 1. The van der Waals surface area contributed by atoms with Gasteiger partial charge < -0.3 is 14.8 Å². The van der Waals surface area contributed by atoms with Gasteiger partial charge in [0.25, 0.3) is 0 Å². The van der Waals surface area contributed by atoms with E-state index in [-0.39, 0.29) is 23.5 Å². The first-order valence-corrected chi connectivity index (χ1v) is 10.7. The third-order valence-corrected chi connectivity index (χ3v) is 6.26. The SMILES string of the molecule is CCN(CCC(=O)NCCOc1ccc(OC)cc1)C1CCS(=O)(=O)C1. The number of methoxy groups -OCH3 is 1. The van der Waals surface area contributed by atoms with Crippen LogP contribution in [-0.2, 0) is 14.6 Å². The smallest absolute Gasteiger partial charge is 0.221 e. The highest BCUT2D eigenvalue weighted by molar-refractivity contribution is 7.91. The number of ether oxygens (including phenoxy) is 2. The average molecular weight is 384 g/mol. The Morgan fingerprint density at radius 1 is 1.27 bits per heavy atom. The van der Waals surface area contributed by atoms with Crippen molar-refractivity contribution in [2.75, 3.05) is 44.9 Å². The zero-order valence-electron chi connectivity index (χ0n) is 15.4. The maximum absolute atomic E-state index is 12.0. The molecular weight excluding hydrogens is 356 g/mol. The fourth-order valence-corrected chi connectivity index (χ4v) is 4.79. The molecule has 1 atom stereocenters. The van der Waals surface area contributed by atoms with E-state index in [0.29, 0.717) is 32.5 Å². The third kappa shape index (κ3) is 6.49. The van der Waals surface area contributed by atoms with Crippen molar-refractivity contribution >= 4 is 15.7 Å². The molecule has 7 nitrogen and oxygen atoms in total. The van der Waals surface area contributed by atoms with Crippen molar-refractivity contribution in [3.63, 3.8) is 0 Å². The summed E-state index contributed by atoms with van der Waals surface area (Å²) in [5, 5.41) is 2.83. The maximum Gasteiger partial charge on any atom is 0.221 e. The molecule has 0 aromatic heterocycles. The monoisotopic (exact) mass is 384 g/mol. The van der Waals surface area contributed by atoms with Crippen LogP contribution in [0.1, 0.15) is 19.8 Å². The van der Waals surface area contributed by atoms with E-state index in [1.807, 2.05) is 31.2 Å². The van der Waals surface area contributed by atoms with Gasteiger partial charge in [0.15, 0.2) is 9.84 Å². The average Bonchev–Trinajstić information content (AvgIpc) is 2.99. The minimum absolute atomic E-state index is 0.0382. The molecular formula is C18H28N2O5S. The van der Waals surface area contributed by atoms with Gasteiger partial charge in [-0.25, -0.2) is 8.42 Å². The quantitative estimate of drug-likeness (QED) is 0.608. The summed E-state index contributed by atoms with van der Waals surface area (Å²) < 4.78 is 33.8. The first-order chi connectivity index (χ1) is 12.4. The number of hydrogen-bond donors (Lipinski definition) is 1. The molecule has 0 bridgehead atoms. The van der Waals surface area contributed by atoms with E-state index < -0.39 is 9.84 Å². The van der Waals surface area contributed by atoms with Crippen LogP contribution in [0.25, 0.3) is 0 Å². The lowest BCUT2D eigenvalue weighted by atomic mass is 10.2. The van der Waals surface area contributed by atoms with Gasteiger partial charge in [0.1, 0.15) is 18.1 Å². The number of benzene rings is 1. The largest absolute Gasteiger partial charge is 0.497 e. The standard InChI is InChI=1S/C18H28N2O5S/c1-3-20(15-9-13-26(22,23)14-15)11-8-18(21)19-10-12-25-17-6-4-16(24-2)5-7-17/h4-7,15H,3,8-14H2,1-2H3,(H,19,21). The summed E-state index contributed by atoms with van der Waals surface area (Å²) in [7, 11) is -1.30. The van der Waals surface area contributed by atoms with Gasteiger partial charge in [-0.1, -0.05) is 6.92 Å². The Kier molecular flexibility index (Phi) is 7.71. The Morgan fingerprint density at radius 2 is 1.96 bits per heavy atom. The summed E-state index contributed by atoms with van der Waals surface area (Å²) in [4.78, 5) is 14.1. The Balaban J connectivity index is 1.63. The van der Waals surface area contributed by atoms with Gasteiger partial charge >= 0.3 is 0 Å². The maximum atomic E-state index is 12.0. The molecule has 0 spiro atoms. The number of amides is 1. The van der Waals surface area contributed by atoms with Gasteiger partial charge in [-0.05, 0) is 37.2 Å². The highest BCUT2D eigenvalue weighted by atomic mass is 32.2. The molecule has 1 saturated heterocycles. The van der Waals surface area contributed by atoms with E-state index in [9.17, 15) is 13.2 Å². The van der Waals surface area contributed by atoms with Gasteiger partial charge in [-0.3, -0.25) is 9.69 Å². The molecule has 26 heavy (non-hydrogen) atoms. The van der Waals surface area contributed by atoms with Gasteiger partial charge in [0.05, 0.1) is 25.2 Å². The zero-order chi connectivity index (χ0) is 19.0. The number of hydrogen-bond acceptors (Lipinski definition) is 6. The van der Waals surface area contributed by atoms with Crippen LogP contribution in [0.15, 0.2) is 24.3 Å². The van der Waals surface area contributed by atoms with Crippen LogP contribution in [0, 0.1) is 0 Å². The Hall–Kier alpha value is -1.80. The zero-order valence-corrected chi connectivity index (χ0v) is 16.3. The van der Waals surface area contributed by atoms with Crippen LogP contribution in [0.2, 0.25) is 0 Å².